The van der Waals surface area contributed by atoms with Crippen LogP contribution in [0.25, 0.3) is 0 Å². The maximum Gasteiger partial charge on any atom is 0.149 e. The number of aliphatic hydroxyl groups is 5. The van der Waals surface area contributed by atoms with Crippen LogP contribution < -0.4 is 24.3 Å². The van der Waals surface area contributed by atoms with Crippen LogP contribution in [0.3, 0.4) is 0 Å². The van der Waals surface area contributed by atoms with Crippen molar-refractivity contribution in [2.75, 3.05) is 157 Å². The zero-order valence-electron chi connectivity index (χ0n) is 72.0. The van der Waals surface area contributed by atoms with E-state index in [0.29, 0.717) is 92.1 Å². The minimum atomic E-state index is -1.03. The van der Waals surface area contributed by atoms with Crippen LogP contribution in [0.5, 0.6) is 23.0 Å². The Balaban J connectivity index is 0.000000191. The lowest BCUT2D eigenvalue weighted by Gasteiger charge is -2.35. The smallest absolute Gasteiger partial charge is 0.149 e. The summed E-state index contributed by atoms with van der Waals surface area (Å²) in [5.74, 6) is 5.68. The summed E-state index contributed by atoms with van der Waals surface area (Å²) in [6.45, 7) is 49.8. The normalized spacial score (nSPS) is 20.5. The van der Waals surface area contributed by atoms with Crippen LogP contribution >= 0.6 is 0 Å². The standard InChI is InChI=1S/2C16H27N3O.2C15H23FN2O2.C15H24N2O2.C13H20N2O/c2*1-13(2)16-5-4-15(10-17-16)12-19-8-6-18(7-9-19)11-14(3)20;2*1-11(2)14-4-3-12(9-17-14)20-15-5-6-18(7-8-19)10-13(15)16;1-12(2)15-4-3-14(11-16-15)19-13-5-7-17(8-6-13)9-10-18;1-10(2)13-4-3-12(9-15-13)16-11-5-7-14-8-6-11/h2*4-5,10,13-14,20H,6-9,11-12H2,1-3H3;2*3-4,9,11,13,15,19H,5-8,10H2,1-2H3;3-4,11-13,18H,5-10H2,1-2H3;3-4,9-11,14H,5-8H2,1-2H3/t2*14-;13-,15+;13-,15-;;/m1000../s1. The molecule has 12 heterocycles. The molecular formula is C90H144F2N14O9. The van der Waals surface area contributed by atoms with E-state index in [9.17, 15) is 19.0 Å². The molecule has 12 rings (SSSR count). The van der Waals surface area contributed by atoms with Gasteiger partial charge in [0.25, 0.3) is 0 Å². The molecule has 642 valence electrons. The Morgan fingerprint density at radius 1 is 0.339 bits per heavy atom. The van der Waals surface area contributed by atoms with Gasteiger partial charge in [-0.1, -0.05) is 95.2 Å². The molecule has 0 aromatic carbocycles. The van der Waals surface area contributed by atoms with Gasteiger partial charge in [-0.2, -0.15) is 0 Å². The van der Waals surface area contributed by atoms with Crippen LogP contribution in [0.2, 0.25) is 0 Å². The molecular weight excluding hydrogens is 1460 g/mol. The molecule has 6 fully saturated rings. The number of alkyl halides is 2. The van der Waals surface area contributed by atoms with Crippen molar-refractivity contribution in [1.82, 2.24) is 69.5 Å². The number of aliphatic hydroxyl groups excluding tert-OH is 5. The highest BCUT2D eigenvalue weighted by atomic mass is 19.1. The van der Waals surface area contributed by atoms with Gasteiger partial charge in [-0.25, -0.2) is 8.78 Å². The summed E-state index contributed by atoms with van der Waals surface area (Å²) in [7, 11) is 0. The van der Waals surface area contributed by atoms with Crippen LogP contribution in [-0.2, 0) is 13.1 Å². The molecule has 6 aliphatic heterocycles. The first-order valence-electron chi connectivity index (χ1n) is 42.9. The average Bonchev–Trinajstić information content (AvgIpc) is 0.819. The van der Waals surface area contributed by atoms with Crippen molar-refractivity contribution in [3.63, 3.8) is 0 Å². The minimum Gasteiger partial charge on any atom is -0.489 e. The highest BCUT2D eigenvalue weighted by Crippen LogP contribution is 2.27. The Kier molecular flexibility index (Phi) is 43.0. The van der Waals surface area contributed by atoms with Gasteiger partial charge in [0.15, 0.2) is 0 Å². The highest BCUT2D eigenvalue weighted by molar-refractivity contribution is 5.25. The fourth-order valence-corrected chi connectivity index (χ4v) is 14.4. The third kappa shape index (κ3) is 35.9. The van der Waals surface area contributed by atoms with Crippen LogP contribution in [0.15, 0.2) is 110 Å². The number of nitrogens with zero attached hydrogens (tertiary/aromatic N) is 13. The van der Waals surface area contributed by atoms with E-state index in [-0.39, 0.29) is 38.1 Å². The molecule has 0 amide bonds. The average molecular weight is 1600 g/mol. The Bertz CT molecular complexity index is 3330. The highest BCUT2D eigenvalue weighted by Gasteiger charge is 2.33. The Labute approximate surface area is 688 Å². The van der Waals surface area contributed by atoms with E-state index in [1.165, 1.54) is 11.1 Å². The maximum atomic E-state index is 14.0. The molecule has 0 saturated carbocycles. The minimum absolute atomic E-state index is 0.0683. The van der Waals surface area contributed by atoms with Crippen LogP contribution in [-0.4, -0.2) is 296 Å². The monoisotopic (exact) mass is 1600 g/mol. The van der Waals surface area contributed by atoms with Gasteiger partial charge in [-0.3, -0.25) is 59.3 Å². The number of piperidine rings is 4. The fraction of sp³-hybridized carbons (Fsp3) is 0.667. The number of hydrogen-bond donors (Lipinski definition) is 6. The van der Waals surface area contributed by atoms with Crippen LogP contribution in [0, 0.1) is 0 Å². The maximum absolute atomic E-state index is 14.0. The Morgan fingerprint density at radius 3 is 0.887 bits per heavy atom. The summed E-state index contributed by atoms with van der Waals surface area (Å²) in [6.07, 6.45) is 13.8. The van der Waals surface area contributed by atoms with E-state index in [0.717, 1.165) is 196 Å². The van der Waals surface area contributed by atoms with Crippen molar-refractivity contribution in [1.29, 1.82) is 0 Å². The van der Waals surface area contributed by atoms with Crippen molar-refractivity contribution >= 4 is 0 Å². The third-order valence-corrected chi connectivity index (χ3v) is 21.4. The lowest BCUT2D eigenvalue weighted by Crippen LogP contribution is -2.47. The first-order valence-corrected chi connectivity index (χ1v) is 42.9. The van der Waals surface area contributed by atoms with Crippen molar-refractivity contribution < 1.29 is 53.3 Å². The molecule has 0 spiro atoms. The van der Waals surface area contributed by atoms with Crippen LogP contribution in [0.1, 0.15) is 216 Å². The molecule has 6 aromatic rings. The zero-order valence-corrected chi connectivity index (χ0v) is 72.0. The predicted octanol–water partition coefficient (Wildman–Crippen LogP) is 11.8. The van der Waals surface area contributed by atoms with Crippen molar-refractivity contribution in [2.24, 2.45) is 0 Å². The second-order valence-electron chi connectivity index (χ2n) is 33.6. The molecule has 25 heteroatoms. The molecule has 6 aliphatic rings. The lowest BCUT2D eigenvalue weighted by atomic mass is 10.1. The number of ether oxygens (including phenoxy) is 4. The number of aromatic nitrogens is 6. The first kappa shape index (κ1) is 95.6. The van der Waals surface area contributed by atoms with E-state index in [2.05, 4.69) is 173 Å². The molecule has 0 aliphatic carbocycles. The van der Waals surface area contributed by atoms with E-state index in [1.54, 1.807) is 12.4 Å². The molecule has 23 nitrogen and oxygen atoms in total. The van der Waals surface area contributed by atoms with Gasteiger partial charge in [0, 0.05) is 184 Å². The zero-order chi connectivity index (χ0) is 83.2. The van der Waals surface area contributed by atoms with Crippen LogP contribution in [0.4, 0.5) is 8.78 Å². The summed E-state index contributed by atoms with van der Waals surface area (Å²) >= 11 is 0. The predicted molar refractivity (Wildman–Crippen MR) is 455 cm³/mol. The number of rotatable bonds is 28. The van der Waals surface area contributed by atoms with Gasteiger partial charge in [-0.05, 0) is 173 Å². The van der Waals surface area contributed by atoms with Gasteiger partial charge in [0.1, 0.15) is 59.8 Å². The van der Waals surface area contributed by atoms with Gasteiger partial charge < -0.3 is 54.7 Å². The van der Waals surface area contributed by atoms with E-state index >= 15 is 0 Å². The molecule has 0 radical (unpaired) electrons. The Hall–Kier alpha value is -6.56. The van der Waals surface area contributed by atoms with E-state index < -0.39 is 24.6 Å². The summed E-state index contributed by atoms with van der Waals surface area (Å²) in [4.78, 5) is 42.2. The third-order valence-electron chi connectivity index (χ3n) is 21.4. The first-order chi connectivity index (χ1) is 55.2. The van der Waals surface area contributed by atoms with E-state index in [1.807, 2.05) is 90.9 Å². The molecule has 6 saturated heterocycles. The topological polar surface area (TPSA) is 250 Å². The number of nitrogens with one attached hydrogen (secondary N) is 1. The molecule has 6 aromatic heterocycles. The lowest BCUT2D eigenvalue weighted by molar-refractivity contribution is 0.0166. The molecule has 0 unspecified atom stereocenters. The summed E-state index contributed by atoms with van der Waals surface area (Å²) in [5.41, 5.74) is 9.14. The second-order valence-corrected chi connectivity index (χ2v) is 33.6. The molecule has 6 atom stereocenters. The summed E-state index contributed by atoms with van der Waals surface area (Å²) in [6, 6.07) is 24.4. The largest absolute Gasteiger partial charge is 0.489 e. The van der Waals surface area contributed by atoms with Crippen molar-refractivity contribution in [2.45, 2.75) is 233 Å². The quantitative estimate of drug-likeness (QED) is 0.0267. The van der Waals surface area contributed by atoms with E-state index in [4.69, 9.17) is 34.3 Å². The van der Waals surface area contributed by atoms with Gasteiger partial charge in [0.05, 0.1) is 56.8 Å². The Morgan fingerprint density at radius 2 is 0.617 bits per heavy atom. The fourth-order valence-electron chi connectivity index (χ4n) is 14.4. The number of halogens is 2. The number of hydrogen-bond acceptors (Lipinski definition) is 23. The van der Waals surface area contributed by atoms with Crippen molar-refractivity contribution in [3.05, 3.63) is 155 Å². The van der Waals surface area contributed by atoms with Crippen molar-refractivity contribution in [3.8, 4) is 23.0 Å². The van der Waals surface area contributed by atoms with Gasteiger partial charge in [-0.15, -0.1) is 0 Å². The van der Waals surface area contributed by atoms with Gasteiger partial charge >= 0.3 is 0 Å². The number of pyridine rings is 6. The summed E-state index contributed by atoms with van der Waals surface area (Å²) in [5, 5.41) is 48.8. The second kappa shape index (κ2) is 51.7. The molecule has 6 N–H and O–H groups in total. The van der Waals surface area contributed by atoms with Gasteiger partial charge in [0.2, 0.25) is 0 Å². The number of piperazine rings is 2. The summed E-state index contributed by atoms with van der Waals surface area (Å²) < 4.78 is 51.3. The SMILES string of the molecule is CC(C)c1ccc(CN2CCN(C[C@@H](C)O)CC2)cn1.CC(C)c1ccc(CN2CCN(C[C@H](C)O)CC2)cn1.CC(C)c1ccc(OC2CCN(CCO)CC2)cn1.CC(C)c1ccc(OC2CCNCC2)cn1.CC(C)c1ccc(O[C@@H]2CCN(CCO)C[C@@H]2F)cn1.CC(C)c1ccc(O[C@H]2CCN(CCO)C[C@@H]2F)cn1. The number of β-amino-alcohol motifs (C(OH)–C–C–N with tert-alkyl or cyclic N) is 5. The number of likely N-dealkylation sites (tertiary alicyclic amines) is 3. The molecule has 0 bridgehead atoms. The molecule has 115 heavy (non-hydrogen) atoms.